The zero-order valence-corrected chi connectivity index (χ0v) is 18.4. The van der Waals surface area contributed by atoms with Crippen molar-refractivity contribution in [3.05, 3.63) is 83.4 Å². The third-order valence-electron chi connectivity index (χ3n) is 4.66. The van der Waals surface area contributed by atoms with E-state index in [1.165, 1.54) is 25.3 Å². The molecule has 11 heteroatoms. The molecule has 3 aromatic carbocycles. The number of aromatic carboxylic acids is 1. The number of hydrogen-bond donors (Lipinski definition) is 3. The van der Waals surface area contributed by atoms with E-state index in [-0.39, 0.29) is 30.2 Å². The second-order valence-corrected chi connectivity index (χ2v) is 7.12. The topological polar surface area (TPSA) is 106 Å². The van der Waals surface area contributed by atoms with Crippen molar-refractivity contribution in [2.45, 2.75) is 19.5 Å². The molecule has 0 aliphatic heterocycles. The van der Waals surface area contributed by atoms with Crippen LogP contribution in [0.25, 0.3) is 0 Å². The van der Waals surface area contributed by atoms with Crippen LogP contribution >= 0.6 is 0 Å². The second kappa shape index (κ2) is 11.1. The molecular formula is C24H21F3N2O6. The molecule has 0 aliphatic rings. The molecular weight excluding hydrogens is 469 g/mol. The number of methoxy groups -OCH3 is 1. The molecule has 0 atom stereocenters. The average Bonchev–Trinajstić information content (AvgIpc) is 2.81. The minimum absolute atomic E-state index is 0.0129. The Hall–Kier alpha value is -4.41. The van der Waals surface area contributed by atoms with Crippen LogP contribution in [0.2, 0.25) is 0 Å². The van der Waals surface area contributed by atoms with Gasteiger partial charge in [-0.05, 0) is 35.9 Å². The number of para-hydroxylation sites is 1. The van der Waals surface area contributed by atoms with Crippen LogP contribution in [-0.2, 0) is 13.2 Å². The van der Waals surface area contributed by atoms with Crippen molar-refractivity contribution in [2.75, 3.05) is 12.4 Å². The summed E-state index contributed by atoms with van der Waals surface area (Å²) in [6.07, 6.45) is -4.88. The lowest BCUT2D eigenvalue weighted by Gasteiger charge is -2.15. The van der Waals surface area contributed by atoms with Crippen LogP contribution in [-0.4, -0.2) is 30.6 Å². The van der Waals surface area contributed by atoms with Gasteiger partial charge in [0.1, 0.15) is 23.9 Å². The molecule has 8 nitrogen and oxygen atoms in total. The molecule has 0 spiro atoms. The minimum Gasteiger partial charge on any atom is -0.495 e. The molecule has 3 N–H and O–H groups in total. The predicted molar refractivity (Wildman–Crippen MR) is 120 cm³/mol. The summed E-state index contributed by atoms with van der Waals surface area (Å²) >= 11 is 0. The number of nitrogens with one attached hydrogen (secondary N) is 2. The molecule has 35 heavy (non-hydrogen) atoms. The highest BCUT2D eigenvalue weighted by atomic mass is 19.4. The number of carboxylic acids is 1. The van der Waals surface area contributed by atoms with Crippen LogP contribution in [0.3, 0.4) is 0 Å². The number of carbonyl (C=O) groups is 2. The van der Waals surface area contributed by atoms with Gasteiger partial charge in [0.15, 0.2) is 0 Å². The molecule has 0 heterocycles. The van der Waals surface area contributed by atoms with E-state index >= 15 is 0 Å². The van der Waals surface area contributed by atoms with Gasteiger partial charge in [0.2, 0.25) is 0 Å². The summed E-state index contributed by atoms with van der Waals surface area (Å²) in [5.74, 6) is -0.895. The third-order valence-corrected chi connectivity index (χ3v) is 4.66. The highest BCUT2D eigenvalue weighted by molar-refractivity contribution is 5.91. The van der Waals surface area contributed by atoms with Crippen LogP contribution < -0.4 is 24.8 Å². The van der Waals surface area contributed by atoms with Crippen molar-refractivity contribution in [3.63, 3.8) is 0 Å². The summed E-state index contributed by atoms with van der Waals surface area (Å²) in [5, 5.41) is 14.0. The Balaban J connectivity index is 1.61. The quantitative estimate of drug-likeness (QED) is 0.381. The molecule has 0 saturated heterocycles. The lowest BCUT2D eigenvalue weighted by Crippen LogP contribution is -2.28. The number of ether oxygens (including phenoxy) is 3. The standard InChI is InChI=1S/C24H21F3N2O6/c1-33-21-11-10-18(35-24(25,26)27)12-19(21)29-23(32)28-13-17-4-2-3-5-20(17)34-14-15-6-8-16(9-7-15)22(30)31/h2-12H,13-14H2,1H3,(H,30,31)(H2,28,29,32). The number of carboxylic acid groups (broad SMARTS) is 1. The molecule has 2 amide bonds. The van der Waals surface area contributed by atoms with Gasteiger partial charge in [-0.1, -0.05) is 30.3 Å². The summed E-state index contributed by atoms with van der Waals surface area (Å²) < 4.78 is 52.3. The lowest BCUT2D eigenvalue weighted by atomic mass is 10.1. The zero-order chi connectivity index (χ0) is 25.4. The maximum atomic E-state index is 12.5. The molecule has 3 aromatic rings. The van der Waals surface area contributed by atoms with Crippen molar-refractivity contribution < 1.29 is 42.1 Å². The van der Waals surface area contributed by atoms with Gasteiger partial charge in [0.25, 0.3) is 0 Å². The van der Waals surface area contributed by atoms with Crippen LogP contribution in [0.15, 0.2) is 66.7 Å². The first-order valence-corrected chi connectivity index (χ1v) is 10.2. The van der Waals surface area contributed by atoms with Crippen molar-refractivity contribution in [2.24, 2.45) is 0 Å². The molecule has 0 radical (unpaired) electrons. The highest BCUT2D eigenvalue weighted by Crippen LogP contribution is 2.32. The molecule has 0 aliphatic carbocycles. The first-order chi connectivity index (χ1) is 16.6. The van der Waals surface area contributed by atoms with Crippen molar-refractivity contribution in [1.29, 1.82) is 0 Å². The van der Waals surface area contributed by atoms with Gasteiger partial charge in [0.05, 0.1) is 18.4 Å². The van der Waals surface area contributed by atoms with E-state index in [1.807, 2.05) is 0 Å². The first-order valence-electron chi connectivity index (χ1n) is 10.2. The fraction of sp³-hybridized carbons (Fsp3) is 0.167. The van der Waals surface area contributed by atoms with Gasteiger partial charge in [-0.2, -0.15) is 0 Å². The SMILES string of the molecule is COc1ccc(OC(F)(F)F)cc1NC(=O)NCc1ccccc1OCc1ccc(C(=O)O)cc1. The number of urea groups is 1. The van der Waals surface area contributed by atoms with Gasteiger partial charge in [-0.3, -0.25) is 0 Å². The normalized spacial score (nSPS) is 10.9. The van der Waals surface area contributed by atoms with Crippen molar-refractivity contribution in [1.82, 2.24) is 5.32 Å². The number of rotatable bonds is 9. The third kappa shape index (κ3) is 7.56. The number of benzene rings is 3. The zero-order valence-electron chi connectivity index (χ0n) is 18.4. The van der Waals surface area contributed by atoms with E-state index in [0.717, 1.165) is 17.7 Å². The molecule has 3 rings (SSSR count). The summed E-state index contributed by atoms with van der Waals surface area (Å²) in [7, 11) is 1.31. The van der Waals surface area contributed by atoms with Crippen molar-refractivity contribution in [3.8, 4) is 17.2 Å². The van der Waals surface area contributed by atoms with E-state index in [1.54, 1.807) is 36.4 Å². The summed E-state index contributed by atoms with van der Waals surface area (Å²) in [4.78, 5) is 23.4. The van der Waals surface area contributed by atoms with Crippen LogP contribution in [0, 0.1) is 0 Å². The molecule has 184 valence electrons. The first kappa shape index (κ1) is 25.2. The van der Waals surface area contributed by atoms with Crippen LogP contribution in [0.4, 0.5) is 23.7 Å². The maximum Gasteiger partial charge on any atom is 0.573 e. The number of anilines is 1. The van der Waals surface area contributed by atoms with Gasteiger partial charge in [-0.15, -0.1) is 13.2 Å². The van der Waals surface area contributed by atoms with E-state index in [2.05, 4.69) is 15.4 Å². The van der Waals surface area contributed by atoms with Gasteiger partial charge < -0.3 is 30.0 Å². The second-order valence-electron chi connectivity index (χ2n) is 7.12. The Bertz CT molecular complexity index is 1180. The molecule has 0 bridgehead atoms. The Morgan fingerprint density at radius 3 is 2.34 bits per heavy atom. The number of amides is 2. The van der Waals surface area contributed by atoms with E-state index in [0.29, 0.717) is 11.3 Å². The average molecular weight is 490 g/mol. The minimum atomic E-state index is -4.88. The van der Waals surface area contributed by atoms with Crippen molar-refractivity contribution >= 4 is 17.7 Å². The smallest absolute Gasteiger partial charge is 0.495 e. The maximum absolute atomic E-state index is 12.5. The predicted octanol–water partition coefficient (Wildman–Crippen LogP) is 5.19. The van der Waals surface area contributed by atoms with Gasteiger partial charge >= 0.3 is 18.4 Å². The summed E-state index contributed by atoms with van der Waals surface area (Å²) in [5.41, 5.74) is 1.55. The number of carbonyl (C=O) groups excluding carboxylic acids is 1. The number of alkyl halides is 3. The Labute approximate surface area is 198 Å². The van der Waals surface area contributed by atoms with E-state index in [9.17, 15) is 22.8 Å². The molecule has 0 saturated carbocycles. The lowest BCUT2D eigenvalue weighted by molar-refractivity contribution is -0.274. The highest BCUT2D eigenvalue weighted by Gasteiger charge is 2.31. The summed E-state index contributed by atoms with van der Waals surface area (Å²) in [6.45, 7) is 0.229. The Morgan fingerprint density at radius 1 is 0.971 bits per heavy atom. The molecule has 0 unspecified atom stereocenters. The van der Waals surface area contributed by atoms with Crippen LogP contribution in [0.5, 0.6) is 17.2 Å². The molecule has 0 fully saturated rings. The molecule has 0 aromatic heterocycles. The Kier molecular flexibility index (Phi) is 8.03. The monoisotopic (exact) mass is 490 g/mol. The van der Waals surface area contributed by atoms with E-state index < -0.39 is 24.1 Å². The largest absolute Gasteiger partial charge is 0.573 e. The summed E-state index contributed by atoms with van der Waals surface area (Å²) in [6, 6.07) is 15.8. The fourth-order valence-electron chi connectivity index (χ4n) is 3.02. The van der Waals surface area contributed by atoms with E-state index in [4.69, 9.17) is 14.6 Å². The van der Waals surface area contributed by atoms with Gasteiger partial charge in [0, 0.05) is 18.2 Å². The number of hydrogen-bond acceptors (Lipinski definition) is 5. The fourth-order valence-corrected chi connectivity index (χ4v) is 3.02. The van der Waals surface area contributed by atoms with Gasteiger partial charge in [-0.25, -0.2) is 9.59 Å². The number of halogens is 3. The van der Waals surface area contributed by atoms with Crippen LogP contribution in [0.1, 0.15) is 21.5 Å². The Morgan fingerprint density at radius 2 is 1.69 bits per heavy atom.